The summed E-state index contributed by atoms with van der Waals surface area (Å²) >= 11 is 0. The highest BCUT2D eigenvalue weighted by Gasteiger charge is 2.30. The summed E-state index contributed by atoms with van der Waals surface area (Å²) in [6.45, 7) is 3.28. The summed E-state index contributed by atoms with van der Waals surface area (Å²) in [5.41, 5.74) is -0.681. The second kappa shape index (κ2) is 10.3. The van der Waals surface area contributed by atoms with Crippen molar-refractivity contribution < 1.29 is 35.2 Å². The number of alkyl halides is 3. The highest BCUT2D eigenvalue weighted by Crippen LogP contribution is 2.31. The van der Waals surface area contributed by atoms with Crippen LogP contribution in [0.15, 0.2) is 36.4 Å². The molecule has 0 bridgehead atoms. The van der Waals surface area contributed by atoms with E-state index in [2.05, 4.69) is 5.32 Å². The zero-order chi connectivity index (χ0) is 25.0. The average Bonchev–Trinajstić information content (AvgIpc) is 2.68. The van der Waals surface area contributed by atoms with Crippen LogP contribution >= 0.6 is 0 Å². The molecule has 2 aromatic carbocycles. The second-order valence-electron chi connectivity index (χ2n) is 7.46. The number of hydrogen-bond acceptors (Lipinski definition) is 3. The lowest BCUT2D eigenvalue weighted by molar-refractivity contribution is -0.137. The smallest absolute Gasteiger partial charge is 0.346 e. The summed E-state index contributed by atoms with van der Waals surface area (Å²) in [4.78, 5) is 12.3. The Balaban J connectivity index is 2.18. The number of halogens is 5. The molecule has 0 fully saturated rings. The summed E-state index contributed by atoms with van der Waals surface area (Å²) in [6.07, 6.45) is -0.259. The van der Waals surface area contributed by atoms with E-state index in [9.17, 15) is 35.2 Å². The molecule has 1 unspecified atom stereocenters. The fourth-order valence-corrected chi connectivity index (χ4v) is 3.63. The van der Waals surface area contributed by atoms with Crippen molar-refractivity contribution in [2.75, 3.05) is 11.0 Å². The molecule has 1 atom stereocenters. The number of rotatable bonds is 8. The minimum absolute atomic E-state index is 0.0482. The second-order valence-corrected chi connectivity index (χ2v) is 9.21. The van der Waals surface area contributed by atoms with Crippen LogP contribution in [0.4, 0.5) is 27.6 Å². The Morgan fingerprint density at radius 2 is 1.73 bits per heavy atom. The molecule has 11 heteroatoms. The molecule has 0 aliphatic rings. The molecule has 0 saturated heterocycles. The van der Waals surface area contributed by atoms with E-state index in [1.807, 2.05) is 6.92 Å². The molecule has 33 heavy (non-hydrogen) atoms. The lowest BCUT2D eigenvalue weighted by atomic mass is 9.99. The van der Waals surface area contributed by atoms with Gasteiger partial charge in [0.2, 0.25) is 15.9 Å². The Hall–Kier alpha value is -2.95. The lowest BCUT2D eigenvalue weighted by Gasteiger charge is -2.15. The van der Waals surface area contributed by atoms with Gasteiger partial charge < -0.3 is 5.32 Å². The van der Waals surface area contributed by atoms with Crippen molar-refractivity contribution in [2.24, 2.45) is 0 Å². The molecule has 2 rings (SSSR count). The van der Waals surface area contributed by atoms with Crippen LogP contribution in [-0.2, 0) is 27.4 Å². The third kappa shape index (κ3) is 7.55. The Kier molecular flexibility index (Phi) is 8.23. The first-order valence-corrected chi connectivity index (χ1v) is 11.8. The maximum atomic E-state index is 14.2. The fraction of sp³-hybridized carbons (Fsp3) is 0.318. The molecule has 0 spiro atoms. The van der Waals surface area contributed by atoms with Crippen molar-refractivity contribution in [1.29, 1.82) is 0 Å². The number of carbonyl (C=O) groups is 1. The number of benzene rings is 2. The van der Waals surface area contributed by atoms with Gasteiger partial charge in [0.15, 0.2) is 11.6 Å². The minimum Gasteiger partial charge on any atom is -0.346 e. The molecule has 0 aromatic heterocycles. The van der Waals surface area contributed by atoms with Crippen LogP contribution < -0.4 is 10.0 Å². The van der Waals surface area contributed by atoms with Crippen molar-refractivity contribution in [2.45, 2.75) is 38.9 Å². The summed E-state index contributed by atoms with van der Waals surface area (Å²) < 4.78 is 91.4. The summed E-state index contributed by atoms with van der Waals surface area (Å²) in [5, 5.41) is 2.50. The Morgan fingerprint density at radius 3 is 2.24 bits per heavy atom. The van der Waals surface area contributed by atoms with Crippen LogP contribution in [0, 0.1) is 11.6 Å². The molecule has 180 valence electrons. The Bertz CT molecular complexity index is 1140. The van der Waals surface area contributed by atoms with Crippen molar-refractivity contribution >= 4 is 27.7 Å². The quantitative estimate of drug-likeness (QED) is 0.395. The number of amides is 1. The molecule has 0 aliphatic carbocycles. The predicted octanol–water partition coefficient (Wildman–Crippen LogP) is 5.20. The van der Waals surface area contributed by atoms with Crippen LogP contribution in [0.1, 0.15) is 48.6 Å². The fourth-order valence-electron chi connectivity index (χ4n) is 3.07. The van der Waals surface area contributed by atoms with E-state index in [0.29, 0.717) is 24.0 Å². The summed E-state index contributed by atoms with van der Waals surface area (Å²) in [7, 11) is -3.90. The number of aryl methyl sites for hydroxylation is 1. The Labute approximate surface area is 188 Å². The van der Waals surface area contributed by atoms with Crippen LogP contribution in [0.5, 0.6) is 0 Å². The van der Waals surface area contributed by atoms with Gasteiger partial charge in [0.1, 0.15) is 5.69 Å². The molecule has 2 N–H and O–H groups in total. The first-order chi connectivity index (χ1) is 15.2. The van der Waals surface area contributed by atoms with Gasteiger partial charge in [-0.25, -0.2) is 17.2 Å². The molecule has 1 amide bonds. The largest absolute Gasteiger partial charge is 0.416 e. The van der Waals surface area contributed by atoms with Crippen LogP contribution in [0.2, 0.25) is 0 Å². The van der Waals surface area contributed by atoms with E-state index < -0.39 is 51.0 Å². The SMILES string of the molecule is CCCc1cc(C(F)(F)F)ccc1/C=C\C(=O)NC(C)c1cc(F)c(NS(C)(=O)=O)c(F)c1. The van der Waals surface area contributed by atoms with Crippen LogP contribution in [0.25, 0.3) is 6.08 Å². The molecule has 0 radical (unpaired) electrons. The molecule has 0 heterocycles. The van der Waals surface area contributed by atoms with Gasteiger partial charge in [-0.2, -0.15) is 13.2 Å². The standard InChI is InChI=1S/C22H23F5N2O3S/c1-4-5-15-10-17(22(25,26)27)8-6-14(15)7-9-20(30)28-13(2)16-11-18(23)21(19(24)12-16)29-33(3,31)32/h6-13,29H,4-5H2,1-3H3,(H,28,30)/b9-7-. The average molecular weight is 490 g/mol. The van der Waals surface area contributed by atoms with Gasteiger partial charge >= 0.3 is 6.18 Å². The summed E-state index contributed by atoms with van der Waals surface area (Å²) in [6, 6.07) is 4.18. The topological polar surface area (TPSA) is 75.3 Å². The van der Waals surface area contributed by atoms with Gasteiger partial charge in [0, 0.05) is 6.08 Å². The highest BCUT2D eigenvalue weighted by molar-refractivity contribution is 7.92. The molecular weight excluding hydrogens is 467 g/mol. The monoisotopic (exact) mass is 490 g/mol. The maximum absolute atomic E-state index is 14.2. The third-order valence-electron chi connectivity index (χ3n) is 4.61. The first-order valence-electron chi connectivity index (χ1n) is 9.86. The van der Waals surface area contributed by atoms with Gasteiger partial charge in [0.05, 0.1) is 17.9 Å². The zero-order valence-corrected chi connectivity index (χ0v) is 18.9. The van der Waals surface area contributed by atoms with E-state index in [-0.39, 0.29) is 5.56 Å². The van der Waals surface area contributed by atoms with Crippen LogP contribution in [0.3, 0.4) is 0 Å². The molecular formula is C22H23F5N2O3S. The van der Waals surface area contributed by atoms with E-state index in [0.717, 1.165) is 36.6 Å². The number of sulfonamides is 1. The summed E-state index contributed by atoms with van der Waals surface area (Å²) in [5.74, 6) is -2.94. The van der Waals surface area contributed by atoms with Gasteiger partial charge in [-0.15, -0.1) is 0 Å². The number of hydrogen-bond donors (Lipinski definition) is 2. The maximum Gasteiger partial charge on any atom is 0.416 e. The lowest BCUT2D eigenvalue weighted by Crippen LogP contribution is -2.25. The number of anilines is 1. The van der Waals surface area contributed by atoms with E-state index in [1.165, 1.54) is 19.1 Å². The molecule has 2 aromatic rings. The van der Waals surface area contributed by atoms with Gasteiger partial charge in [-0.05, 0) is 60.4 Å². The predicted molar refractivity (Wildman–Crippen MR) is 116 cm³/mol. The normalized spacial score (nSPS) is 13.2. The van der Waals surface area contributed by atoms with E-state index in [4.69, 9.17) is 0 Å². The molecule has 0 aliphatic heterocycles. The minimum atomic E-state index is -4.48. The van der Waals surface area contributed by atoms with E-state index >= 15 is 0 Å². The zero-order valence-electron chi connectivity index (χ0n) is 18.1. The van der Waals surface area contributed by atoms with Crippen LogP contribution in [-0.4, -0.2) is 20.6 Å². The van der Waals surface area contributed by atoms with Crippen molar-refractivity contribution in [3.63, 3.8) is 0 Å². The number of carbonyl (C=O) groups excluding carboxylic acids is 1. The number of nitrogens with one attached hydrogen (secondary N) is 2. The van der Waals surface area contributed by atoms with Gasteiger partial charge in [-0.1, -0.05) is 19.4 Å². The van der Waals surface area contributed by atoms with E-state index in [1.54, 1.807) is 4.72 Å². The van der Waals surface area contributed by atoms with Crippen molar-refractivity contribution in [3.05, 3.63) is 70.3 Å². The third-order valence-corrected chi connectivity index (χ3v) is 5.19. The van der Waals surface area contributed by atoms with Crippen molar-refractivity contribution in [3.8, 4) is 0 Å². The first kappa shape index (κ1) is 26.3. The van der Waals surface area contributed by atoms with Gasteiger partial charge in [-0.3, -0.25) is 9.52 Å². The van der Waals surface area contributed by atoms with Gasteiger partial charge in [0.25, 0.3) is 0 Å². The molecule has 0 saturated carbocycles. The van der Waals surface area contributed by atoms with Crippen molar-refractivity contribution in [1.82, 2.24) is 5.32 Å². The highest BCUT2D eigenvalue weighted by atomic mass is 32.2. The molecule has 5 nitrogen and oxygen atoms in total. The Morgan fingerprint density at radius 1 is 1.12 bits per heavy atom.